The number of aromatic nitrogens is 2. The first-order valence-corrected chi connectivity index (χ1v) is 9.92. The molecule has 3 heterocycles. The van der Waals surface area contributed by atoms with Crippen LogP contribution in [0.1, 0.15) is 40.0 Å². The number of piperidine rings is 1. The molecule has 0 aromatic carbocycles. The van der Waals surface area contributed by atoms with Gasteiger partial charge in [0.25, 0.3) is 0 Å². The Kier molecular flexibility index (Phi) is 6.21. The molecular formula is C20H32FN5O2. The zero-order valence-electron chi connectivity index (χ0n) is 17.1. The van der Waals surface area contributed by atoms with Crippen LogP contribution in [0.5, 0.6) is 5.75 Å². The Morgan fingerprint density at radius 1 is 1.29 bits per heavy atom. The second kappa shape index (κ2) is 8.31. The van der Waals surface area contributed by atoms with E-state index in [0.29, 0.717) is 23.6 Å². The molecule has 3 N–H and O–H groups in total. The second-order valence-corrected chi connectivity index (χ2v) is 8.82. The van der Waals surface area contributed by atoms with Gasteiger partial charge in [-0.1, -0.05) is 0 Å². The number of hydrogen-bond acceptors (Lipinski definition) is 7. The molecule has 0 bridgehead atoms. The van der Waals surface area contributed by atoms with E-state index in [1.165, 1.54) is 0 Å². The molecule has 0 aliphatic carbocycles. The monoisotopic (exact) mass is 393 g/mol. The van der Waals surface area contributed by atoms with Crippen LogP contribution in [0.2, 0.25) is 0 Å². The number of anilines is 1. The molecule has 8 heteroatoms. The van der Waals surface area contributed by atoms with Crippen LogP contribution in [0, 0.1) is 5.41 Å². The van der Waals surface area contributed by atoms with Crippen molar-refractivity contribution in [2.75, 3.05) is 37.7 Å². The molecule has 0 saturated carbocycles. The minimum Gasteiger partial charge on any atom is -0.486 e. The summed E-state index contributed by atoms with van der Waals surface area (Å²) in [5, 5.41) is 11.0. The zero-order chi connectivity index (χ0) is 20.4. The molecule has 28 heavy (non-hydrogen) atoms. The van der Waals surface area contributed by atoms with Crippen molar-refractivity contribution in [1.82, 2.24) is 14.9 Å². The molecule has 0 radical (unpaired) electrons. The fourth-order valence-electron chi connectivity index (χ4n) is 4.15. The van der Waals surface area contributed by atoms with Crippen molar-refractivity contribution in [2.24, 2.45) is 11.1 Å². The first-order chi connectivity index (χ1) is 13.3. The SMILES string of the molecule is CC(C)(C)N1CCC2(CCN(c3ncc(OC/C(=C/F)CN)cn3)CC2)C1O. The largest absolute Gasteiger partial charge is 0.486 e. The maximum atomic E-state index is 12.5. The highest BCUT2D eigenvalue weighted by atomic mass is 19.1. The Morgan fingerprint density at radius 3 is 2.39 bits per heavy atom. The van der Waals surface area contributed by atoms with Crippen LogP contribution in [0.3, 0.4) is 0 Å². The Morgan fingerprint density at radius 2 is 1.89 bits per heavy atom. The number of ether oxygens (including phenoxy) is 1. The van der Waals surface area contributed by atoms with Gasteiger partial charge in [0.05, 0.1) is 18.7 Å². The van der Waals surface area contributed by atoms with Gasteiger partial charge in [0.2, 0.25) is 5.95 Å². The molecule has 1 aromatic heterocycles. The van der Waals surface area contributed by atoms with Crippen LogP contribution >= 0.6 is 0 Å². The van der Waals surface area contributed by atoms with E-state index < -0.39 is 6.23 Å². The summed E-state index contributed by atoms with van der Waals surface area (Å²) in [4.78, 5) is 13.1. The minimum atomic E-state index is -0.397. The van der Waals surface area contributed by atoms with Crippen molar-refractivity contribution < 1.29 is 14.2 Å². The van der Waals surface area contributed by atoms with E-state index >= 15 is 0 Å². The molecule has 2 saturated heterocycles. The number of rotatable bonds is 5. The summed E-state index contributed by atoms with van der Waals surface area (Å²) in [6, 6.07) is 0. The number of nitrogens with zero attached hydrogens (tertiary/aromatic N) is 4. The van der Waals surface area contributed by atoms with Gasteiger partial charge in [0, 0.05) is 42.7 Å². The van der Waals surface area contributed by atoms with Crippen LogP contribution < -0.4 is 15.4 Å². The molecule has 2 aliphatic rings. The van der Waals surface area contributed by atoms with Crippen molar-refractivity contribution in [2.45, 2.75) is 51.8 Å². The van der Waals surface area contributed by atoms with E-state index in [9.17, 15) is 9.50 Å². The van der Waals surface area contributed by atoms with Gasteiger partial charge in [0.15, 0.2) is 5.75 Å². The Hall–Kier alpha value is -1.77. The highest BCUT2D eigenvalue weighted by Gasteiger charge is 2.50. The van der Waals surface area contributed by atoms with E-state index in [4.69, 9.17) is 10.5 Å². The quantitative estimate of drug-likeness (QED) is 0.792. The van der Waals surface area contributed by atoms with Gasteiger partial charge in [-0.3, -0.25) is 4.90 Å². The third-order valence-electron chi connectivity index (χ3n) is 6.05. The van der Waals surface area contributed by atoms with E-state index in [0.717, 1.165) is 38.9 Å². The molecule has 1 aromatic rings. The number of halogens is 1. The smallest absolute Gasteiger partial charge is 0.225 e. The predicted molar refractivity (Wildman–Crippen MR) is 107 cm³/mol. The highest BCUT2D eigenvalue weighted by Crippen LogP contribution is 2.46. The molecule has 156 valence electrons. The lowest BCUT2D eigenvalue weighted by atomic mass is 9.76. The van der Waals surface area contributed by atoms with Crippen LogP contribution in [-0.2, 0) is 0 Å². The number of nitrogens with two attached hydrogens (primary N) is 1. The van der Waals surface area contributed by atoms with Gasteiger partial charge < -0.3 is 20.5 Å². The maximum absolute atomic E-state index is 12.5. The van der Waals surface area contributed by atoms with Gasteiger partial charge in [-0.05, 0) is 40.0 Å². The van der Waals surface area contributed by atoms with Crippen LogP contribution in [0.25, 0.3) is 0 Å². The molecule has 1 spiro atoms. The highest BCUT2D eigenvalue weighted by molar-refractivity contribution is 5.32. The second-order valence-electron chi connectivity index (χ2n) is 8.82. The van der Waals surface area contributed by atoms with E-state index in [2.05, 4.69) is 40.5 Å². The summed E-state index contributed by atoms with van der Waals surface area (Å²) in [6.07, 6.45) is 6.14. The summed E-state index contributed by atoms with van der Waals surface area (Å²) in [5.74, 6) is 1.14. The standard InChI is InChI=1S/C20H32FN5O2/c1-19(2,3)26-9-6-20(17(26)27)4-7-25(8-5-20)18-23-12-16(13-24-18)28-14-15(10-21)11-22/h10,12-13,17,27H,4-9,11,14,22H2,1-3H3/b15-10+. The summed E-state index contributed by atoms with van der Waals surface area (Å²) in [7, 11) is 0. The van der Waals surface area contributed by atoms with Crippen molar-refractivity contribution in [3.05, 3.63) is 24.3 Å². The molecule has 1 unspecified atom stereocenters. The Bertz CT molecular complexity index is 681. The Balaban J connectivity index is 1.57. The number of aliphatic hydroxyl groups is 1. The number of hydrogen-bond donors (Lipinski definition) is 2. The summed E-state index contributed by atoms with van der Waals surface area (Å²) in [6.45, 7) is 9.23. The lowest BCUT2D eigenvalue weighted by Gasteiger charge is -2.44. The molecule has 3 rings (SSSR count). The first-order valence-electron chi connectivity index (χ1n) is 9.92. The maximum Gasteiger partial charge on any atom is 0.225 e. The van der Waals surface area contributed by atoms with Gasteiger partial charge in [0.1, 0.15) is 12.8 Å². The normalized spacial score (nSPS) is 23.4. The lowest BCUT2D eigenvalue weighted by Crippen LogP contribution is -2.52. The van der Waals surface area contributed by atoms with E-state index in [1.54, 1.807) is 12.4 Å². The summed E-state index contributed by atoms with van der Waals surface area (Å²) < 4.78 is 18.0. The topological polar surface area (TPSA) is 87.7 Å². The fraction of sp³-hybridized carbons (Fsp3) is 0.700. The number of likely N-dealkylation sites (tertiary alicyclic amines) is 1. The summed E-state index contributed by atoms with van der Waals surface area (Å²) in [5.41, 5.74) is 5.73. The summed E-state index contributed by atoms with van der Waals surface area (Å²) >= 11 is 0. The predicted octanol–water partition coefficient (Wildman–Crippen LogP) is 2.08. The molecule has 1 atom stereocenters. The van der Waals surface area contributed by atoms with Crippen LogP contribution in [-0.4, -0.2) is 64.5 Å². The lowest BCUT2D eigenvalue weighted by molar-refractivity contribution is -0.0850. The first kappa shape index (κ1) is 21.0. The third kappa shape index (κ3) is 4.29. The van der Waals surface area contributed by atoms with Crippen molar-refractivity contribution in [3.63, 3.8) is 0 Å². The molecule has 7 nitrogen and oxygen atoms in total. The van der Waals surface area contributed by atoms with Crippen molar-refractivity contribution in [1.29, 1.82) is 0 Å². The average molecular weight is 394 g/mol. The van der Waals surface area contributed by atoms with Gasteiger partial charge in [-0.25, -0.2) is 14.4 Å². The average Bonchev–Trinajstić information content (AvgIpc) is 3.00. The Labute approximate surface area is 166 Å². The molecule has 2 fully saturated rings. The van der Waals surface area contributed by atoms with Crippen LogP contribution in [0.15, 0.2) is 24.3 Å². The molecular weight excluding hydrogens is 361 g/mol. The van der Waals surface area contributed by atoms with Gasteiger partial charge >= 0.3 is 0 Å². The van der Waals surface area contributed by atoms with E-state index in [-0.39, 0.29) is 24.1 Å². The molecule has 0 amide bonds. The van der Waals surface area contributed by atoms with Crippen molar-refractivity contribution in [3.8, 4) is 5.75 Å². The third-order valence-corrected chi connectivity index (χ3v) is 6.05. The van der Waals surface area contributed by atoms with E-state index in [1.807, 2.05) is 0 Å². The number of aliphatic hydroxyl groups excluding tert-OH is 1. The zero-order valence-corrected chi connectivity index (χ0v) is 17.1. The minimum absolute atomic E-state index is 0.0277. The van der Waals surface area contributed by atoms with Crippen molar-refractivity contribution >= 4 is 5.95 Å². The van der Waals surface area contributed by atoms with Gasteiger partial charge in [-0.2, -0.15) is 0 Å². The van der Waals surface area contributed by atoms with Gasteiger partial charge in [-0.15, -0.1) is 0 Å². The molecule has 2 aliphatic heterocycles. The fourth-order valence-corrected chi connectivity index (χ4v) is 4.15. The van der Waals surface area contributed by atoms with Crippen LogP contribution in [0.4, 0.5) is 10.3 Å².